The highest BCUT2D eigenvalue weighted by Crippen LogP contribution is 2.34. The minimum Gasteiger partial charge on any atom is -0.478 e. The van der Waals surface area contributed by atoms with Gasteiger partial charge in [-0.25, -0.2) is 4.79 Å². The van der Waals surface area contributed by atoms with Crippen LogP contribution in [0.3, 0.4) is 0 Å². The minimum atomic E-state index is -4.12. The SMILES string of the molecule is O=C(O)c1ccc(CN[C@H]2CCCC[C@H]2CC(F)(F)F)cc1. The van der Waals surface area contributed by atoms with Gasteiger partial charge in [-0.3, -0.25) is 0 Å². The van der Waals surface area contributed by atoms with Crippen molar-refractivity contribution in [3.05, 3.63) is 35.4 Å². The lowest BCUT2D eigenvalue weighted by atomic mass is 9.82. The molecule has 1 fully saturated rings. The summed E-state index contributed by atoms with van der Waals surface area (Å²) in [5.74, 6) is -1.36. The van der Waals surface area contributed by atoms with E-state index in [-0.39, 0.29) is 17.5 Å². The third kappa shape index (κ3) is 5.02. The predicted octanol–water partition coefficient (Wildman–Crippen LogP) is 3.99. The summed E-state index contributed by atoms with van der Waals surface area (Å²) in [7, 11) is 0. The standard InChI is InChI=1S/C16H20F3NO2/c17-16(18,19)9-13-3-1-2-4-14(13)20-10-11-5-7-12(8-6-11)15(21)22/h5-8,13-14,20H,1-4,9-10H2,(H,21,22)/t13-,14-/m0/s1. The van der Waals surface area contributed by atoms with Crippen molar-refractivity contribution in [2.75, 3.05) is 0 Å². The fourth-order valence-corrected chi connectivity index (χ4v) is 3.03. The number of nitrogens with one attached hydrogen (secondary N) is 1. The number of hydrogen-bond donors (Lipinski definition) is 2. The molecule has 6 heteroatoms. The van der Waals surface area contributed by atoms with E-state index in [1.807, 2.05) is 0 Å². The van der Waals surface area contributed by atoms with Crippen molar-refractivity contribution in [1.29, 1.82) is 0 Å². The van der Waals surface area contributed by atoms with E-state index in [0.717, 1.165) is 24.8 Å². The first-order valence-electron chi connectivity index (χ1n) is 7.47. The maximum absolute atomic E-state index is 12.6. The molecule has 0 aliphatic heterocycles. The van der Waals surface area contributed by atoms with Gasteiger partial charge in [0.05, 0.1) is 5.56 Å². The van der Waals surface area contributed by atoms with Crippen molar-refractivity contribution in [2.45, 2.75) is 50.9 Å². The molecule has 0 saturated heterocycles. The quantitative estimate of drug-likeness (QED) is 0.864. The van der Waals surface area contributed by atoms with E-state index in [1.165, 1.54) is 12.1 Å². The van der Waals surface area contributed by atoms with Crippen LogP contribution >= 0.6 is 0 Å². The zero-order valence-corrected chi connectivity index (χ0v) is 12.2. The second-order valence-corrected chi connectivity index (χ2v) is 5.85. The Bertz CT molecular complexity index is 499. The van der Waals surface area contributed by atoms with Gasteiger partial charge in [0.1, 0.15) is 0 Å². The fourth-order valence-electron chi connectivity index (χ4n) is 3.03. The topological polar surface area (TPSA) is 49.3 Å². The summed E-state index contributed by atoms with van der Waals surface area (Å²) in [6, 6.07) is 6.27. The summed E-state index contributed by atoms with van der Waals surface area (Å²) < 4.78 is 37.8. The summed E-state index contributed by atoms with van der Waals surface area (Å²) >= 11 is 0. The van der Waals surface area contributed by atoms with E-state index in [4.69, 9.17) is 5.11 Å². The predicted molar refractivity (Wildman–Crippen MR) is 76.7 cm³/mol. The van der Waals surface area contributed by atoms with E-state index in [9.17, 15) is 18.0 Å². The lowest BCUT2D eigenvalue weighted by Gasteiger charge is -2.33. The number of rotatable bonds is 5. The van der Waals surface area contributed by atoms with Gasteiger partial charge in [0.25, 0.3) is 0 Å². The Morgan fingerprint density at radius 3 is 2.41 bits per heavy atom. The molecule has 122 valence electrons. The molecule has 2 atom stereocenters. The average molecular weight is 315 g/mol. The molecule has 2 N–H and O–H groups in total. The molecular formula is C16H20F3NO2. The molecule has 0 spiro atoms. The summed E-state index contributed by atoms with van der Waals surface area (Å²) in [5.41, 5.74) is 1.08. The van der Waals surface area contributed by atoms with Crippen LogP contribution in [0.4, 0.5) is 13.2 Å². The van der Waals surface area contributed by atoms with Gasteiger partial charge in [0, 0.05) is 19.0 Å². The Labute approximate surface area is 127 Å². The van der Waals surface area contributed by atoms with Crippen molar-refractivity contribution in [3.8, 4) is 0 Å². The Kier molecular flexibility index (Phi) is 5.45. The first kappa shape index (κ1) is 16.8. The highest BCUT2D eigenvalue weighted by Gasteiger charge is 2.36. The van der Waals surface area contributed by atoms with Gasteiger partial charge in [-0.2, -0.15) is 13.2 Å². The first-order valence-corrected chi connectivity index (χ1v) is 7.47. The zero-order chi connectivity index (χ0) is 16.2. The molecule has 0 bridgehead atoms. The maximum atomic E-state index is 12.6. The average Bonchev–Trinajstić information content (AvgIpc) is 2.45. The Morgan fingerprint density at radius 1 is 1.18 bits per heavy atom. The molecule has 0 unspecified atom stereocenters. The molecular weight excluding hydrogens is 295 g/mol. The van der Waals surface area contributed by atoms with Crippen LogP contribution in [0, 0.1) is 5.92 Å². The van der Waals surface area contributed by atoms with Crippen molar-refractivity contribution in [3.63, 3.8) is 0 Å². The van der Waals surface area contributed by atoms with E-state index >= 15 is 0 Å². The van der Waals surface area contributed by atoms with Crippen LogP contribution in [0.25, 0.3) is 0 Å². The van der Waals surface area contributed by atoms with Gasteiger partial charge in [-0.05, 0) is 36.5 Å². The highest BCUT2D eigenvalue weighted by atomic mass is 19.4. The van der Waals surface area contributed by atoms with E-state index in [2.05, 4.69) is 5.32 Å². The lowest BCUT2D eigenvalue weighted by Crippen LogP contribution is -2.40. The van der Waals surface area contributed by atoms with Crippen LogP contribution < -0.4 is 5.32 Å². The fraction of sp³-hybridized carbons (Fsp3) is 0.562. The van der Waals surface area contributed by atoms with E-state index in [0.29, 0.717) is 13.0 Å². The normalized spacial score (nSPS) is 22.5. The molecule has 1 saturated carbocycles. The molecule has 3 nitrogen and oxygen atoms in total. The number of carboxylic acid groups (broad SMARTS) is 1. The maximum Gasteiger partial charge on any atom is 0.389 e. The van der Waals surface area contributed by atoms with Crippen molar-refractivity contribution in [1.82, 2.24) is 5.32 Å². The van der Waals surface area contributed by atoms with Crippen molar-refractivity contribution >= 4 is 5.97 Å². The van der Waals surface area contributed by atoms with Crippen molar-refractivity contribution < 1.29 is 23.1 Å². The number of hydrogen-bond acceptors (Lipinski definition) is 2. The van der Waals surface area contributed by atoms with Gasteiger partial charge < -0.3 is 10.4 Å². The summed E-state index contributed by atoms with van der Waals surface area (Å²) in [6.07, 6.45) is -1.69. The molecule has 0 amide bonds. The van der Waals surface area contributed by atoms with Crippen molar-refractivity contribution in [2.24, 2.45) is 5.92 Å². The smallest absolute Gasteiger partial charge is 0.389 e. The summed E-state index contributed by atoms with van der Waals surface area (Å²) in [5, 5.41) is 12.0. The molecule has 1 aliphatic carbocycles. The molecule has 0 heterocycles. The second-order valence-electron chi connectivity index (χ2n) is 5.85. The van der Waals surface area contributed by atoms with E-state index < -0.39 is 18.6 Å². The summed E-state index contributed by atoms with van der Waals surface area (Å²) in [4.78, 5) is 10.8. The molecule has 2 rings (SSSR count). The monoisotopic (exact) mass is 315 g/mol. The minimum absolute atomic E-state index is 0.130. The van der Waals surface area contributed by atoms with Gasteiger partial charge in [0.2, 0.25) is 0 Å². The van der Waals surface area contributed by atoms with Crippen LogP contribution in [0.5, 0.6) is 0 Å². The number of carbonyl (C=O) groups is 1. The third-order valence-electron chi connectivity index (χ3n) is 4.17. The Morgan fingerprint density at radius 2 is 1.82 bits per heavy atom. The van der Waals surface area contributed by atoms with Crippen LogP contribution in [-0.2, 0) is 6.54 Å². The van der Waals surface area contributed by atoms with Crippen LogP contribution in [0.1, 0.15) is 48.0 Å². The van der Waals surface area contributed by atoms with Crippen LogP contribution in [-0.4, -0.2) is 23.3 Å². The van der Waals surface area contributed by atoms with Crippen LogP contribution in [0.2, 0.25) is 0 Å². The van der Waals surface area contributed by atoms with Gasteiger partial charge in [0.15, 0.2) is 0 Å². The number of benzene rings is 1. The third-order valence-corrected chi connectivity index (χ3v) is 4.17. The zero-order valence-electron chi connectivity index (χ0n) is 12.2. The molecule has 22 heavy (non-hydrogen) atoms. The Balaban J connectivity index is 1.91. The highest BCUT2D eigenvalue weighted by molar-refractivity contribution is 5.87. The van der Waals surface area contributed by atoms with Gasteiger partial charge in [-0.1, -0.05) is 25.0 Å². The number of alkyl halides is 3. The molecule has 0 radical (unpaired) electrons. The van der Waals surface area contributed by atoms with E-state index in [1.54, 1.807) is 12.1 Å². The molecule has 1 aromatic carbocycles. The lowest BCUT2D eigenvalue weighted by molar-refractivity contribution is -0.148. The van der Waals surface area contributed by atoms with Gasteiger partial charge in [-0.15, -0.1) is 0 Å². The summed E-state index contributed by atoms with van der Waals surface area (Å²) in [6.45, 7) is 0.457. The second kappa shape index (κ2) is 7.13. The Hall–Kier alpha value is -1.56. The van der Waals surface area contributed by atoms with Gasteiger partial charge >= 0.3 is 12.1 Å². The number of carboxylic acids is 1. The molecule has 1 aromatic rings. The van der Waals surface area contributed by atoms with Crippen LogP contribution in [0.15, 0.2) is 24.3 Å². The first-order chi connectivity index (χ1) is 10.3. The largest absolute Gasteiger partial charge is 0.478 e. The molecule has 0 aromatic heterocycles. The number of halogens is 3. The molecule has 1 aliphatic rings. The number of aromatic carboxylic acids is 1.